The van der Waals surface area contributed by atoms with Crippen molar-refractivity contribution >= 4 is 23.2 Å². The maximum absolute atomic E-state index is 13.4. The third-order valence-electron chi connectivity index (χ3n) is 5.88. The number of amides is 1. The van der Waals surface area contributed by atoms with Gasteiger partial charge in [0.25, 0.3) is 5.56 Å². The summed E-state index contributed by atoms with van der Waals surface area (Å²) in [6.45, 7) is 4.91. The van der Waals surface area contributed by atoms with Crippen molar-refractivity contribution in [3.63, 3.8) is 0 Å². The Bertz CT molecular complexity index is 1190. The van der Waals surface area contributed by atoms with Crippen LogP contribution in [-0.4, -0.2) is 46.8 Å². The molecule has 0 atom stereocenters. The summed E-state index contributed by atoms with van der Waals surface area (Å²) < 4.78 is 14.8. The number of carbonyl (C=O) groups is 1. The average molecular weight is 469 g/mol. The standard InChI is InChI=1S/C25H26ClFN4O2/c1-18-4-6-19(7-5-18)23-10-11-25(33)31(28-23)12-2-3-24(32)30-15-13-29(14-16-30)20-8-9-22(27)21(26)17-20/h4-11,17H,2-3,12-16H2,1H3. The molecule has 3 aromatic rings. The molecular weight excluding hydrogens is 443 g/mol. The summed E-state index contributed by atoms with van der Waals surface area (Å²) in [6, 6.07) is 15.9. The van der Waals surface area contributed by atoms with Gasteiger partial charge in [0.2, 0.25) is 5.91 Å². The molecule has 0 spiro atoms. The lowest BCUT2D eigenvalue weighted by Gasteiger charge is -2.36. The van der Waals surface area contributed by atoms with E-state index in [1.54, 1.807) is 18.2 Å². The Morgan fingerprint density at radius 3 is 2.45 bits per heavy atom. The van der Waals surface area contributed by atoms with Gasteiger partial charge in [0.1, 0.15) is 5.82 Å². The van der Waals surface area contributed by atoms with Gasteiger partial charge in [0.15, 0.2) is 0 Å². The molecule has 2 aromatic carbocycles. The number of piperazine rings is 1. The molecule has 0 radical (unpaired) electrons. The number of anilines is 1. The second kappa shape index (κ2) is 10.2. The minimum absolute atomic E-state index is 0.0644. The van der Waals surface area contributed by atoms with Crippen molar-refractivity contribution < 1.29 is 9.18 Å². The number of aryl methyl sites for hydroxylation is 2. The van der Waals surface area contributed by atoms with Gasteiger partial charge in [0, 0.05) is 56.5 Å². The lowest BCUT2D eigenvalue weighted by molar-refractivity contribution is -0.131. The van der Waals surface area contributed by atoms with Gasteiger partial charge < -0.3 is 9.80 Å². The first-order valence-corrected chi connectivity index (χ1v) is 11.4. The van der Waals surface area contributed by atoms with E-state index in [4.69, 9.17) is 11.6 Å². The molecule has 172 valence electrons. The van der Waals surface area contributed by atoms with E-state index in [2.05, 4.69) is 10.00 Å². The molecule has 8 heteroatoms. The van der Waals surface area contributed by atoms with Crippen LogP contribution >= 0.6 is 11.6 Å². The number of hydrogen-bond acceptors (Lipinski definition) is 4. The summed E-state index contributed by atoms with van der Waals surface area (Å²) in [5.41, 5.74) is 3.52. The molecule has 1 aliphatic heterocycles. The largest absolute Gasteiger partial charge is 0.368 e. The monoisotopic (exact) mass is 468 g/mol. The van der Waals surface area contributed by atoms with Crippen LogP contribution in [0.3, 0.4) is 0 Å². The molecule has 6 nitrogen and oxygen atoms in total. The van der Waals surface area contributed by atoms with E-state index in [0.29, 0.717) is 45.6 Å². The predicted octanol–water partition coefficient (Wildman–Crippen LogP) is 4.14. The highest BCUT2D eigenvalue weighted by atomic mass is 35.5. The minimum atomic E-state index is -0.438. The minimum Gasteiger partial charge on any atom is -0.368 e. The van der Waals surface area contributed by atoms with Crippen molar-refractivity contribution in [2.24, 2.45) is 0 Å². The second-order valence-corrected chi connectivity index (χ2v) is 8.62. The number of hydrogen-bond donors (Lipinski definition) is 0. The topological polar surface area (TPSA) is 58.4 Å². The SMILES string of the molecule is Cc1ccc(-c2ccc(=O)n(CCCC(=O)N3CCN(c4ccc(F)c(Cl)c4)CC3)n2)cc1. The van der Waals surface area contributed by atoms with Crippen molar-refractivity contribution in [1.82, 2.24) is 14.7 Å². The summed E-state index contributed by atoms with van der Waals surface area (Å²) in [5, 5.41) is 4.57. The Morgan fingerprint density at radius 2 is 1.76 bits per heavy atom. The van der Waals surface area contributed by atoms with Crippen molar-refractivity contribution in [1.29, 1.82) is 0 Å². The van der Waals surface area contributed by atoms with E-state index in [9.17, 15) is 14.0 Å². The summed E-state index contributed by atoms with van der Waals surface area (Å²) >= 11 is 5.89. The number of nitrogens with zero attached hydrogens (tertiary/aromatic N) is 4. The smallest absolute Gasteiger partial charge is 0.266 e. The molecule has 0 aliphatic carbocycles. The summed E-state index contributed by atoms with van der Waals surface area (Å²) in [4.78, 5) is 28.8. The summed E-state index contributed by atoms with van der Waals surface area (Å²) in [7, 11) is 0. The first-order valence-electron chi connectivity index (χ1n) is 11.0. The first-order chi connectivity index (χ1) is 15.9. The van der Waals surface area contributed by atoms with Crippen LogP contribution in [-0.2, 0) is 11.3 Å². The van der Waals surface area contributed by atoms with Gasteiger partial charge in [-0.25, -0.2) is 9.07 Å². The molecule has 0 N–H and O–H groups in total. The van der Waals surface area contributed by atoms with Crippen LogP contribution in [0.15, 0.2) is 59.4 Å². The second-order valence-electron chi connectivity index (χ2n) is 8.22. The molecule has 0 unspecified atom stereocenters. The van der Waals surface area contributed by atoms with Crippen LogP contribution in [0.5, 0.6) is 0 Å². The van der Waals surface area contributed by atoms with E-state index in [-0.39, 0.29) is 16.5 Å². The molecule has 4 rings (SSSR count). The molecular formula is C25H26ClFN4O2. The van der Waals surface area contributed by atoms with Crippen LogP contribution in [0.1, 0.15) is 18.4 Å². The Labute approximate surface area is 197 Å². The number of aromatic nitrogens is 2. The van der Waals surface area contributed by atoms with Crippen LogP contribution in [0.25, 0.3) is 11.3 Å². The zero-order valence-electron chi connectivity index (χ0n) is 18.5. The van der Waals surface area contributed by atoms with Gasteiger partial charge >= 0.3 is 0 Å². The molecule has 2 heterocycles. The zero-order chi connectivity index (χ0) is 23.4. The fourth-order valence-electron chi connectivity index (χ4n) is 3.92. The molecule has 0 saturated carbocycles. The maximum Gasteiger partial charge on any atom is 0.266 e. The normalized spacial score (nSPS) is 13.9. The Hall–Kier alpha value is -3.19. The zero-order valence-corrected chi connectivity index (χ0v) is 19.3. The average Bonchev–Trinajstić information content (AvgIpc) is 2.82. The highest BCUT2D eigenvalue weighted by molar-refractivity contribution is 6.31. The number of carbonyl (C=O) groups excluding carboxylic acids is 1. The van der Waals surface area contributed by atoms with E-state index < -0.39 is 5.82 Å². The van der Waals surface area contributed by atoms with Gasteiger partial charge in [-0.2, -0.15) is 5.10 Å². The van der Waals surface area contributed by atoms with E-state index in [1.165, 1.54) is 16.8 Å². The van der Waals surface area contributed by atoms with Gasteiger partial charge in [-0.1, -0.05) is 41.4 Å². The third kappa shape index (κ3) is 5.60. The fourth-order valence-corrected chi connectivity index (χ4v) is 4.10. The quantitative estimate of drug-likeness (QED) is 0.545. The molecule has 33 heavy (non-hydrogen) atoms. The Balaban J connectivity index is 1.29. The van der Waals surface area contributed by atoms with E-state index >= 15 is 0 Å². The molecule has 1 aliphatic rings. The van der Waals surface area contributed by atoms with Crippen LogP contribution in [0.4, 0.5) is 10.1 Å². The van der Waals surface area contributed by atoms with Gasteiger partial charge in [0.05, 0.1) is 10.7 Å². The van der Waals surface area contributed by atoms with Crippen LogP contribution in [0.2, 0.25) is 5.02 Å². The van der Waals surface area contributed by atoms with Gasteiger partial charge in [-0.15, -0.1) is 0 Å². The third-order valence-corrected chi connectivity index (χ3v) is 6.16. The van der Waals surface area contributed by atoms with Crippen molar-refractivity contribution in [2.75, 3.05) is 31.1 Å². The van der Waals surface area contributed by atoms with Gasteiger partial charge in [-0.05, 0) is 37.6 Å². The van der Waals surface area contributed by atoms with E-state index in [1.807, 2.05) is 36.1 Å². The predicted molar refractivity (Wildman–Crippen MR) is 128 cm³/mol. The number of halogens is 2. The highest BCUT2D eigenvalue weighted by Crippen LogP contribution is 2.24. The first kappa shape index (κ1) is 23.0. The van der Waals surface area contributed by atoms with E-state index in [0.717, 1.165) is 22.5 Å². The lowest BCUT2D eigenvalue weighted by atomic mass is 10.1. The van der Waals surface area contributed by atoms with Gasteiger partial charge in [-0.3, -0.25) is 9.59 Å². The summed E-state index contributed by atoms with van der Waals surface area (Å²) in [5.74, 6) is -0.373. The van der Waals surface area contributed by atoms with Crippen molar-refractivity contribution in [3.8, 4) is 11.3 Å². The molecule has 1 aromatic heterocycles. The van der Waals surface area contributed by atoms with Crippen LogP contribution < -0.4 is 10.5 Å². The molecule has 1 saturated heterocycles. The Morgan fingerprint density at radius 1 is 1.03 bits per heavy atom. The van der Waals surface area contributed by atoms with Crippen molar-refractivity contribution in [2.45, 2.75) is 26.3 Å². The fraction of sp³-hybridized carbons (Fsp3) is 0.320. The molecule has 0 bridgehead atoms. The highest BCUT2D eigenvalue weighted by Gasteiger charge is 2.21. The Kier molecular flexibility index (Phi) is 7.08. The number of rotatable bonds is 6. The number of benzene rings is 2. The van der Waals surface area contributed by atoms with Crippen molar-refractivity contribution in [3.05, 3.63) is 81.4 Å². The lowest BCUT2D eigenvalue weighted by Crippen LogP contribution is -2.48. The molecule has 1 fully saturated rings. The molecule has 1 amide bonds. The van der Waals surface area contributed by atoms with Crippen LogP contribution in [0, 0.1) is 12.7 Å². The maximum atomic E-state index is 13.4. The summed E-state index contributed by atoms with van der Waals surface area (Å²) in [6.07, 6.45) is 0.891.